The van der Waals surface area contributed by atoms with Gasteiger partial charge >= 0.3 is 0 Å². The van der Waals surface area contributed by atoms with Crippen molar-refractivity contribution in [1.29, 1.82) is 0 Å². The van der Waals surface area contributed by atoms with Gasteiger partial charge < -0.3 is 10.5 Å². The van der Waals surface area contributed by atoms with E-state index in [1.165, 1.54) is 12.1 Å². The molecule has 4 heteroatoms. The lowest BCUT2D eigenvalue weighted by atomic mass is 10.0. The van der Waals surface area contributed by atoms with E-state index in [0.29, 0.717) is 12.0 Å². The lowest BCUT2D eigenvalue weighted by molar-refractivity contribution is 0.326. The molecule has 0 radical (unpaired) electrons. The van der Waals surface area contributed by atoms with Crippen LogP contribution in [0.2, 0.25) is 0 Å². The van der Waals surface area contributed by atoms with Crippen LogP contribution in [0.3, 0.4) is 0 Å². The second-order valence-electron chi connectivity index (χ2n) is 3.75. The molecule has 0 saturated carbocycles. The Morgan fingerprint density at radius 2 is 2.00 bits per heavy atom. The molecule has 0 aliphatic heterocycles. The van der Waals surface area contributed by atoms with Gasteiger partial charge in [-0.1, -0.05) is 12.8 Å². The first-order chi connectivity index (χ1) is 8.08. The number of halogens is 2. The van der Waals surface area contributed by atoms with Crippen molar-refractivity contribution in [1.82, 2.24) is 0 Å². The fourth-order valence-electron chi connectivity index (χ4n) is 1.43. The minimum Gasteiger partial charge on any atom is -0.475 e. The molecular formula is C13H15F2NO. The van der Waals surface area contributed by atoms with Crippen LogP contribution in [0.5, 0.6) is 5.75 Å². The zero-order valence-electron chi connectivity index (χ0n) is 9.67. The van der Waals surface area contributed by atoms with Crippen LogP contribution in [0.15, 0.2) is 12.1 Å². The van der Waals surface area contributed by atoms with E-state index in [1.807, 2.05) is 6.92 Å². The fraction of sp³-hybridized carbons (Fsp3) is 0.385. The van der Waals surface area contributed by atoms with Crippen LogP contribution < -0.4 is 10.5 Å². The predicted octanol–water partition coefficient (Wildman–Crippen LogP) is 2.26. The number of benzene rings is 1. The van der Waals surface area contributed by atoms with Crippen molar-refractivity contribution in [2.45, 2.75) is 25.8 Å². The summed E-state index contributed by atoms with van der Waals surface area (Å²) < 4.78 is 31.8. The molecule has 2 N–H and O–H groups in total. The first-order valence-corrected chi connectivity index (χ1v) is 5.38. The minimum absolute atomic E-state index is 0.105. The van der Waals surface area contributed by atoms with Crippen LogP contribution in [0, 0.1) is 24.0 Å². The second kappa shape index (κ2) is 6.21. The highest BCUT2D eigenvalue weighted by molar-refractivity contribution is 5.32. The zero-order valence-corrected chi connectivity index (χ0v) is 9.67. The number of hydrogen-bond donors (Lipinski definition) is 1. The van der Waals surface area contributed by atoms with E-state index in [9.17, 15) is 8.78 Å². The van der Waals surface area contributed by atoms with Crippen LogP contribution in [0.25, 0.3) is 0 Å². The summed E-state index contributed by atoms with van der Waals surface area (Å²) in [6.45, 7) is 1.75. The van der Waals surface area contributed by atoms with Gasteiger partial charge in [0.1, 0.15) is 6.61 Å². The molecule has 0 aliphatic carbocycles. The van der Waals surface area contributed by atoms with Gasteiger partial charge in [-0.25, -0.2) is 8.78 Å². The Labute approximate surface area is 99.8 Å². The normalized spacial score (nSPS) is 11.9. The highest BCUT2D eigenvalue weighted by Gasteiger charge is 2.13. The Kier molecular flexibility index (Phi) is 4.92. The molecule has 1 unspecified atom stereocenters. The number of ether oxygens (including phenoxy) is 1. The molecule has 92 valence electrons. The van der Waals surface area contributed by atoms with Crippen LogP contribution in [-0.4, -0.2) is 12.6 Å². The first kappa shape index (κ1) is 13.5. The molecule has 0 fully saturated rings. The number of rotatable bonds is 5. The quantitative estimate of drug-likeness (QED) is 0.800. The third-order valence-electron chi connectivity index (χ3n) is 2.38. The van der Waals surface area contributed by atoms with Crippen molar-refractivity contribution in [3.8, 4) is 18.1 Å². The van der Waals surface area contributed by atoms with Gasteiger partial charge in [0.25, 0.3) is 0 Å². The van der Waals surface area contributed by atoms with E-state index in [1.54, 1.807) is 0 Å². The molecule has 0 saturated heterocycles. The molecule has 0 spiro atoms. The van der Waals surface area contributed by atoms with Crippen molar-refractivity contribution in [2.24, 2.45) is 5.73 Å². The summed E-state index contributed by atoms with van der Waals surface area (Å²) in [5.41, 5.74) is 6.24. The van der Waals surface area contributed by atoms with E-state index >= 15 is 0 Å². The highest BCUT2D eigenvalue weighted by Crippen LogP contribution is 2.23. The Morgan fingerprint density at radius 1 is 1.41 bits per heavy atom. The van der Waals surface area contributed by atoms with E-state index in [-0.39, 0.29) is 12.6 Å². The molecule has 17 heavy (non-hydrogen) atoms. The summed E-state index contributed by atoms with van der Waals surface area (Å²) in [7, 11) is 0. The average molecular weight is 239 g/mol. The smallest absolute Gasteiger partial charge is 0.192 e. The highest BCUT2D eigenvalue weighted by atomic mass is 19.1. The first-order valence-electron chi connectivity index (χ1n) is 5.38. The summed E-state index contributed by atoms with van der Waals surface area (Å²) in [5.74, 6) is 0.215. The van der Waals surface area contributed by atoms with Crippen LogP contribution in [0.1, 0.15) is 18.9 Å². The lowest BCUT2D eigenvalue weighted by Crippen LogP contribution is -2.21. The van der Waals surface area contributed by atoms with Crippen LogP contribution in [-0.2, 0) is 6.42 Å². The summed E-state index contributed by atoms with van der Waals surface area (Å²) in [4.78, 5) is 0. The van der Waals surface area contributed by atoms with Gasteiger partial charge in [-0.2, -0.15) is 0 Å². The standard InChI is InChI=1S/C13H15F2NO/c1-3-5-17-13-11(14)7-9(8-12(13)15)6-10(16)4-2/h1,7-8,10H,4-6,16H2,2H3. The van der Waals surface area contributed by atoms with Gasteiger partial charge in [-0.15, -0.1) is 6.42 Å². The number of terminal acetylenes is 1. The third kappa shape index (κ3) is 3.72. The second-order valence-corrected chi connectivity index (χ2v) is 3.75. The van der Waals surface area contributed by atoms with Gasteiger partial charge in [0.15, 0.2) is 17.4 Å². The molecule has 0 aliphatic rings. The van der Waals surface area contributed by atoms with Gasteiger partial charge in [0.2, 0.25) is 0 Å². The fourth-order valence-corrected chi connectivity index (χ4v) is 1.43. The lowest BCUT2D eigenvalue weighted by Gasteiger charge is -2.11. The van der Waals surface area contributed by atoms with Crippen molar-refractivity contribution in [3.63, 3.8) is 0 Å². The Bertz CT molecular complexity index is 403. The molecule has 2 nitrogen and oxygen atoms in total. The largest absolute Gasteiger partial charge is 0.475 e. The van der Waals surface area contributed by atoms with Gasteiger partial charge in [-0.05, 0) is 30.5 Å². The summed E-state index contributed by atoms with van der Waals surface area (Å²) in [6, 6.07) is 2.35. The van der Waals surface area contributed by atoms with E-state index in [2.05, 4.69) is 5.92 Å². The molecule has 1 rings (SSSR count). The van der Waals surface area contributed by atoms with Gasteiger partial charge in [0.05, 0.1) is 0 Å². The number of hydrogen-bond acceptors (Lipinski definition) is 2. The molecule has 0 aromatic heterocycles. The van der Waals surface area contributed by atoms with Gasteiger partial charge in [0, 0.05) is 6.04 Å². The minimum atomic E-state index is -0.751. The van der Waals surface area contributed by atoms with Gasteiger partial charge in [-0.3, -0.25) is 0 Å². The Hall–Kier alpha value is -1.60. The SMILES string of the molecule is C#CCOc1c(F)cc(CC(N)CC)cc1F. The van der Waals surface area contributed by atoms with Crippen LogP contribution in [0.4, 0.5) is 8.78 Å². The molecule has 1 aromatic carbocycles. The maximum absolute atomic E-state index is 13.5. The van der Waals surface area contributed by atoms with Crippen molar-refractivity contribution in [2.75, 3.05) is 6.61 Å². The van der Waals surface area contributed by atoms with Crippen molar-refractivity contribution < 1.29 is 13.5 Å². The average Bonchev–Trinajstić information content (AvgIpc) is 2.28. The van der Waals surface area contributed by atoms with Crippen LogP contribution >= 0.6 is 0 Å². The van der Waals surface area contributed by atoms with E-state index in [4.69, 9.17) is 16.9 Å². The Morgan fingerprint density at radius 3 is 2.47 bits per heavy atom. The molecule has 0 bridgehead atoms. The zero-order chi connectivity index (χ0) is 12.8. The summed E-state index contributed by atoms with van der Waals surface area (Å²) >= 11 is 0. The molecule has 0 amide bonds. The monoisotopic (exact) mass is 239 g/mol. The number of nitrogens with two attached hydrogens (primary N) is 1. The predicted molar refractivity (Wildman–Crippen MR) is 62.7 cm³/mol. The summed E-state index contributed by atoms with van der Waals surface area (Å²) in [6.07, 6.45) is 6.13. The van der Waals surface area contributed by atoms with Crippen molar-refractivity contribution >= 4 is 0 Å². The van der Waals surface area contributed by atoms with E-state index < -0.39 is 17.4 Å². The maximum atomic E-state index is 13.5. The Balaban J connectivity index is 2.89. The molecule has 1 atom stereocenters. The van der Waals surface area contributed by atoms with E-state index in [0.717, 1.165) is 6.42 Å². The molecular weight excluding hydrogens is 224 g/mol. The third-order valence-corrected chi connectivity index (χ3v) is 2.38. The summed E-state index contributed by atoms with van der Waals surface area (Å²) in [5, 5.41) is 0. The topological polar surface area (TPSA) is 35.2 Å². The van der Waals surface area contributed by atoms with Crippen molar-refractivity contribution in [3.05, 3.63) is 29.3 Å². The molecule has 1 aromatic rings. The maximum Gasteiger partial charge on any atom is 0.192 e. The molecule has 0 heterocycles.